The molecule has 0 fully saturated rings. The van der Waals surface area contributed by atoms with E-state index < -0.39 is 5.97 Å². The molecule has 0 aliphatic carbocycles. The zero-order chi connectivity index (χ0) is 14.5. The Morgan fingerprint density at radius 2 is 1.65 bits per heavy atom. The number of hydrogen-bond acceptors (Lipinski definition) is 5. The van der Waals surface area contributed by atoms with Gasteiger partial charge in [-0.05, 0) is 35.9 Å². The van der Waals surface area contributed by atoms with Gasteiger partial charge in [-0.15, -0.1) is 0 Å². The molecular weight excluding hydrogens is 256 g/mol. The van der Waals surface area contributed by atoms with Crippen LogP contribution in [0.5, 0.6) is 5.75 Å². The molecular formula is C15H16N2O3. The first-order valence-corrected chi connectivity index (χ1v) is 6.04. The molecule has 0 radical (unpaired) electrons. The van der Waals surface area contributed by atoms with Crippen molar-refractivity contribution in [3.63, 3.8) is 0 Å². The predicted molar refractivity (Wildman–Crippen MR) is 77.4 cm³/mol. The number of rotatable bonds is 4. The maximum Gasteiger partial charge on any atom is 0.338 e. The van der Waals surface area contributed by atoms with E-state index in [1.165, 1.54) is 12.1 Å². The van der Waals surface area contributed by atoms with Crippen molar-refractivity contribution in [2.45, 2.75) is 6.61 Å². The van der Waals surface area contributed by atoms with Crippen molar-refractivity contribution >= 4 is 17.3 Å². The van der Waals surface area contributed by atoms with E-state index in [0.717, 1.165) is 11.3 Å². The van der Waals surface area contributed by atoms with Gasteiger partial charge in [-0.25, -0.2) is 4.79 Å². The standard InChI is InChI=1S/C15H16N2O3/c1-19-14-4-2-10(3-5-14)9-20-15(18)11-6-12(16)8-13(17)7-11/h2-8H,9,16-17H2,1H3. The molecule has 4 N–H and O–H groups in total. The van der Waals surface area contributed by atoms with Crippen molar-refractivity contribution in [1.82, 2.24) is 0 Å². The fourth-order valence-corrected chi connectivity index (χ4v) is 1.75. The molecule has 0 saturated carbocycles. The number of ether oxygens (including phenoxy) is 2. The number of esters is 1. The van der Waals surface area contributed by atoms with E-state index in [0.29, 0.717) is 16.9 Å². The second-order valence-corrected chi connectivity index (χ2v) is 4.31. The van der Waals surface area contributed by atoms with Crippen molar-refractivity contribution in [3.05, 3.63) is 53.6 Å². The molecule has 104 valence electrons. The predicted octanol–water partition coefficient (Wildman–Crippen LogP) is 2.22. The molecule has 0 unspecified atom stereocenters. The maximum absolute atomic E-state index is 11.9. The molecule has 0 spiro atoms. The minimum absolute atomic E-state index is 0.178. The van der Waals surface area contributed by atoms with Crippen LogP contribution in [0.25, 0.3) is 0 Å². The van der Waals surface area contributed by atoms with E-state index in [9.17, 15) is 4.79 Å². The fourth-order valence-electron chi connectivity index (χ4n) is 1.75. The quantitative estimate of drug-likeness (QED) is 0.658. The van der Waals surface area contributed by atoms with Gasteiger partial charge in [0.25, 0.3) is 0 Å². The van der Waals surface area contributed by atoms with E-state index >= 15 is 0 Å². The average Bonchev–Trinajstić information content (AvgIpc) is 2.44. The van der Waals surface area contributed by atoms with E-state index in [2.05, 4.69) is 0 Å². The van der Waals surface area contributed by atoms with Gasteiger partial charge in [-0.3, -0.25) is 0 Å². The molecule has 0 bridgehead atoms. The molecule has 0 aromatic heterocycles. The number of carbonyl (C=O) groups excluding carboxylic acids is 1. The molecule has 2 aromatic rings. The highest BCUT2D eigenvalue weighted by atomic mass is 16.5. The van der Waals surface area contributed by atoms with Crippen molar-refractivity contribution in [2.75, 3.05) is 18.6 Å². The molecule has 2 aromatic carbocycles. The highest BCUT2D eigenvalue weighted by molar-refractivity contribution is 5.91. The monoisotopic (exact) mass is 272 g/mol. The van der Waals surface area contributed by atoms with Crippen molar-refractivity contribution in [1.29, 1.82) is 0 Å². The Balaban J connectivity index is 2.00. The van der Waals surface area contributed by atoms with Crippen molar-refractivity contribution in [2.24, 2.45) is 0 Å². The lowest BCUT2D eigenvalue weighted by Gasteiger charge is -2.07. The zero-order valence-electron chi connectivity index (χ0n) is 11.1. The van der Waals surface area contributed by atoms with E-state index in [1.54, 1.807) is 13.2 Å². The molecule has 0 aliphatic rings. The van der Waals surface area contributed by atoms with Crippen LogP contribution in [0.4, 0.5) is 11.4 Å². The second kappa shape index (κ2) is 5.97. The van der Waals surface area contributed by atoms with Gasteiger partial charge in [0.1, 0.15) is 12.4 Å². The highest BCUT2D eigenvalue weighted by Crippen LogP contribution is 2.16. The third kappa shape index (κ3) is 3.41. The lowest BCUT2D eigenvalue weighted by molar-refractivity contribution is 0.0473. The highest BCUT2D eigenvalue weighted by Gasteiger charge is 2.09. The number of anilines is 2. The molecule has 0 amide bonds. The Morgan fingerprint density at radius 3 is 2.20 bits per heavy atom. The first kappa shape index (κ1) is 13.7. The summed E-state index contributed by atoms with van der Waals surface area (Å²) >= 11 is 0. The summed E-state index contributed by atoms with van der Waals surface area (Å²) in [5.74, 6) is 0.295. The molecule has 0 aliphatic heterocycles. The summed E-state index contributed by atoms with van der Waals surface area (Å²) < 4.78 is 10.3. The Morgan fingerprint density at radius 1 is 1.05 bits per heavy atom. The summed E-state index contributed by atoms with van der Waals surface area (Å²) in [7, 11) is 1.60. The van der Waals surface area contributed by atoms with Gasteiger partial charge in [-0.1, -0.05) is 12.1 Å². The number of benzene rings is 2. The number of carbonyl (C=O) groups is 1. The summed E-state index contributed by atoms with van der Waals surface area (Å²) in [6.45, 7) is 0.178. The van der Waals surface area contributed by atoms with Crippen LogP contribution in [0.1, 0.15) is 15.9 Å². The average molecular weight is 272 g/mol. The minimum Gasteiger partial charge on any atom is -0.497 e. The first-order valence-electron chi connectivity index (χ1n) is 6.04. The summed E-state index contributed by atoms with van der Waals surface area (Å²) in [5, 5.41) is 0. The van der Waals surface area contributed by atoms with Gasteiger partial charge in [-0.2, -0.15) is 0 Å². The lowest BCUT2D eigenvalue weighted by Crippen LogP contribution is -2.06. The van der Waals surface area contributed by atoms with Crippen LogP contribution in [0.15, 0.2) is 42.5 Å². The Bertz CT molecular complexity index is 589. The number of hydrogen-bond donors (Lipinski definition) is 2. The number of methoxy groups -OCH3 is 1. The third-order valence-corrected chi connectivity index (χ3v) is 2.74. The van der Waals surface area contributed by atoms with E-state index in [-0.39, 0.29) is 6.61 Å². The summed E-state index contributed by atoms with van der Waals surface area (Å²) in [4.78, 5) is 11.9. The maximum atomic E-state index is 11.9. The van der Waals surface area contributed by atoms with Gasteiger partial charge in [0.05, 0.1) is 12.7 Å². The summed E-state index contributed by atoms with van der Waals surface area (Å²) in [5.41, 5.74) is 13.3. The Hall–Kier alpha value is -2.69. The molecule has 20 heavy (non-hydrogen) atoms. The molecule has 5 nitrogen and oxygen atoms in total. The van der Waals surface area contributed by atoms with Gasteiger partial charge in [0, 0.05) is 11.4 Å². The number of nitrogen functional groups attached to an aromatic ring is 2. The van der Waals surface area contributed by atoms with Gasteiger partial charge in [0.2, 0.25) is 0 Å². The summed E-state index contributed by atoms with van der Waals surface area (Å²) in [6.07, 6.45) is 0. The largest absolute Gasteiger partial charge is 0.497 e. The lowest BCUT2D eigenvalue weighted by atomic mass is 10.2. The smallest absolute Gasteiger partial charge is 0.338 e. The molecule has 0 atom stereocenters. The van der Waals surface area contributed by atoms with Gasteiger partial charge < -0.3 is 20.9 Å². The van der Waals surface area contributed by atoms with Gasteiger partial charge >= 0.3 is 5.97 Å². The SMILES string of the molecule is COc1ccc(COC(=O)c2cc(N)cc(N)c2)cc1. The van der Waals surface area contributed by atoms with Crippen molar-refractivity contribution < 1.29 is 14.3 Å². The third-order valence-electron chi connectivity index (χ3n) is 2.74. The van der Waals surface area contributed by atoms with Crippen LogP contribution in [0.3, 0.4) is 0 Å². The van der Waals surface area contributed by atoms with E-state index in [4.69, 9.17) is 20.9 Å². The molecule has 2 rings (SSSR count). The second-order valence-electron chi connectivity index (χ2n) is 4.31. The van der Waals surface area contributed by atoms with Gasteiger partial charge in [0.15, 0.2) is 0 Å². The van der Waals surface area contributed by atoms with E-state index in [1.807, 2.05) is 24.3 Å². The zero-order valence-corrected chi connectivity index (χ0v) is 11.1. The van der Waals surface area contributed by atoms with Crippen LogP contribution >= 0.6 is 0 Å². The molecule has 5 heteroatoms. The van der Waals surface area contributed by atoms with Crippen LogP contribution in [-0.2, 0) is 11.3 Å². The summed E-state index contributed by atoms with van der Waals surface area (Å²) in [6, 6.07) is 11.9. The van der Waals surface area contributed by atoms with Crippen molar-refractivity contribution in [3.8, 4) is 5.75 Å². The van der Waals surface area contributed by atoms with Crippen LogP contribution in [0, 0.1) is 0 Å². The topological polar surface area (TPSA) is 87.6 Å². The fraction of sp³-hybridized carbons (Fsp3) is 0.133. The normalized spacial score (nSPS) is 10.1. The number of nitrogens with two attached hydrogens (primary N) is 2. The van der Waals surface area contributed by atoms with Crippen LogP contribution in [-0.4, -0.2) is 13.1 Å². The van der Waals surface area contributed by atoms with Crippen LogP contribution < -0.4 is 16.2 Å². The Kier molecular flexibility index (Phi) is 4.10. The minimum atomic E-state index is -0.459. The van der Waals surface area contributed by atoms with Crippen LogP contribution in [0.2, 0.25) is 0 Å². The Labute approximate surface area is 117 Å². The molecule has 0 heterocycles. The first-order chi connectivity index (χ1) is 9.58. The molecule has 0 saturated heterocycles.